The number of likely N-dealkylation sites (tertiary alicyclic amines) is 1. The maximum absolute atomic E-state index is 13.6. The minimum absolute atomic E-state index is 0. The van der Waals surface area contributed by atoms with E-state index in [1.54, 1.807) is 24.3 Å². The van der Waals surface area contributed by atoms with Crippen molar-refractivity contribution in [2.24, 2.45) is 5.73 Å². The van der Waals surface area contributed by atoms with Crippen LogP contribution < -0.4 is 10.6 Å². The van der Waals surface area contributed by atoms with E-state index in [9.17, 15) is 14.7 Å². The number of nitrogens with two attached hydrogens (primary N) is 1. The molecule has 2 heterocycles. The van der Waals surface area contributed by atoms with Gasteiger partial charge in [-0.25, -0.2) is 0 Å². The highest BCUT2D eigenvalue weighted by atomic mass is 35.5. The second kappa shape index (κ2) is 9.35. The van der Waals surface area contributed by atoms with E-state index >= 15 is 0 Å². The number of primary amides is 1. The van der Waals surface area contributed by atoms with Crippen molar-refractivity contribution in [3.8, 4) is 0 Å². The van der Waals surface area contributed by atoms with Gasteiger partial charge in [-0.05, 0) is 44.1 Å². The lowest BCUT2D eigenvalue weighted by Gasteiger charge is -2.29. The van der Waals surface area contributed by atoms with Crippen LogP contribution in [-0.2, 0) is 10.4 Å². The van der Waals surface area contributed by atoms with Crippen LogP contribution in [0.2, 0.25) is 10.0 Å². The van der Waals surface area contributed by atoms with Gasteiger partial charge in [-0.1, -0.05) is 47.8 Å². The first-order chi connectivity index (χ1) is 14.3. The van der Waals surface area contributed by atoms with Crippen molar-refractivity contribution in [1.29, 1.82) is 0 Å². The molecular weight excluding hydrogens is 461 g/mol. The molecule has 0 radical (unpaired) electrons. The molecule has 4 rings (SSSR count). The summed E-state index contributed by atoms with van der Waals surface area (Å²) in [5.74, 6) is -1.19. The van der Waals surface area contributed by atoms with Crippen molar-refractivity contribution in [3.05, 3.63) is 63.1 Å². The number of rotatable bonds is 5. The van der Waals surface area contributed by atoms with Crippen LogP contribution >= 0.6 is 35.6 Å². The van der Waals surface area contributed by atoms with Gasteiger partial charge in [-0.15, -0.1) is 12.4 Å². The van der Waals surface area contributed by atoms with Crippen molar-refractivity contribution in [2.45, 2.75) is 24.9 Å². The lowest BCUT2D eigenvalue weighted by Crippen LogP contribution is -2.45. The first-order valence-corrected chi connectivity index (χ1v) is 10.7. The highest BCUT2D eigenvalue weighted by Gasteiger charge is 2.53. The van der Waals surface area contributed by atoms with Crippen molar-refractivity contribution in [1.82, 2.24) is 4.90 Å². The molecule has 0 bridgehead atoms. The lowest BCUT2D eigenvalue weighted by molar-refractivity contribution is -0.132. The Hall–Kier alpha value is -1.83. The number of carbonyl (C=O) groups is 2. The van der Waals surface area contributed by atoms with Crippen LogP contribution in [0.3, 0.4) is 0 Å². The summed E-state index contributed by atoms with van der Waals surface area (Å²) in [5.41, 5.74) is 4.47. The molecular formula is C22H24Cl3N3O3. The zero-order chi connectivity index (χ0) is 21.5. The fourth-order valence-corrected chi connectivity index (χ4v) is 4.99. The van der Waals surface area contributed by atoms with Gasteiger partial charge in [0.05, 0.1) is 10.7 Å². The molecule has 2 aliphatic heterocycles. The van der Waals surface area contributed by atoms with Gasteiger partial charge in [0.25, 0.3) is 5.91 Å². The zero-order valence-electron chi connectivity index (χ0n) is 16.8. The van der Waals surface area contributed by atoms with E-state index in [-0.39, 0.29) is 39.1 Å². The SMILES string of the molecule is Cl.NC(=O)c1cc(Cl)c2c(c1)N(CCN1CCCCC1)C(=O)C2(O)c1ccccc1Cl. The van der Waals surface area contributed by atoms with Crippen molar-refractivity contribution < 1.29 is 14.7 Å². The second-order valence-electron chi connectivity index (χ2n) is 7.77. The van der Waals surface area contributed by atoms with Gasteiger partial charge in [0.2, 0.25) is 5.91 Å². The molecule has 31 heavy (non-hydrogen) atoms. The van der Waals surface area contributed by atoms with E-state index in [0.717, 1.165) is 25.9 Å². The third-order valence-electron chi connectivity index (χ3n) is 5.91. The number of benzene rings is 2. The number of anilines is 1. The third kappa shape index (κ3) is 4.15. The summed E-state index contributed by atoms with van der Waals surface area (Å²) in [5, 5.41) is 12.0. The van der Waals surface area contributed by atoms with E-state index in [1.165, 1.54) is 23.5 Å². The van der Waals surface area contributed by atoms with Gasteiger partial charge < -0.3 is 20.6 Å². The van der Waals surface area contributed by atoms with Crippen LogP contribution in [0.5, 0.6) is 0 Å². The van der Waals surface area contributed by atoms with E-state index in [4.69, 9.17) is 28.9 Å². The van der Waals surface area contributed by atoms with Crippen LogP contribution in [0, 0.1) is 0 Å². The van der Waals surface area contributed by atoms with E-state index in [1.807, 2.05) is 0 Å². The Morgan fingerprint density at radius 3 is 2.39 bits per heavy atom. The molecule has 3 N–H and O–H groups in total. The zero-order valence-corrected chi connectivity index (χ0v) is 19.1. The van der Waals surface area contributed by atoms with E-state index in [0.29, 0.717) is 18.8 Å². The van der Waals surface area contributed by atoms with Gasteiger partial charge in [-0.2, -0.15) is 0 Å². The molecule has 166 valence electrons. The maximum atomic E-state index is 13.6. The Bertz CT molecular complexity index is 1010. The smallest absolute Gasteiger partial charge is 0.268 e. The number of amides is 2. The number of piperidine rings is 1. The number of halogens is 3. The first-order valence-electron chi connectivity index (χ1n) is 9.99. The van der Waals surface area contributed by atoms with Crippen LogP contribution in [0.15, 0.2) is 36.4 Å². The van der Waals surface area contributed by atoms with Crippen LogP contribution in [0.25, 0.3) is 0 Å². The summed E-state index contributed by atoms with van der Waals surface area (Å²) in [6.45, 7) is 2.97. The molecule has 2 amide bonds. The summed E-state index contributed by atoms with van der Waals surface area (Å²) >= 11 is 12.8. The Labute approximate surface area is 197 Å². The Balaban J connectivity index is 0.00000272. The predicted molar refractivity (Wildman–Crippen MR) is 124 cm³/mol. The Morgan fingerprint density at radius 1 is 1.06 bits per heavy atom. The van der Waals surface area contributed by atoms with Gasteiger partial charge >= 0.3 is 0 Å². The maximum Gasteiger partial charge on any atom is 0.268 e. The lowest BCUT2D eigenvalue weighted by atomic mass is 9.87. The molecule has 2 aliphatic rings. The summed E-state index contributed by atoms with van der Waals surface area (Å²) < 4.78 is 0. The fraction of sp³-hybridized carbons (Fsp3) is 0.364. The van der Waals surface area contributed by atoms with Gasteiger partial charge in [0, 0.05) is 34.8 Å². The standard InChI is InChI=1S/C22H23Cl2N3O3.ClH/c23-16-7-3-2-6-15(16)22(30)19-17(24)12-14(20(25)28)13-18(19)27(21(22)29)11-10-26-8-4-1-5-9-26;/h2-3,6-7,12-13,30H,1,4-5,8-11H2,(H2,25,28);1H. The first kappa shape index (κ1) is 23.8. The summed E-state index contributed by atoms with van der Waals surface area (Å²) in [4.78, 5) is 29.2. The average Bonchev–Trinajstić information content (AvgIpc) is 2.95. The van der Waals surface area contributed by atoms with Crippen molar-refractivity contribution in [2.75, 3.05) is 31.1 Å². The van der Waals surface area contributed by atoms with Crippen LogP contribution in [0.1, 0.15) is 40.7 Å². The molecule has 0 saturated carbocycles. The number of fused-ring (bicyclic) bond motifs is 1. The minimum Gasteiger partial charge on any atom is -0.372 e. The summed E-state index contributed by atoms with van der Waals surface area (Å²) in [6.07, 6.45) is 3.48. The van der Waals surface area contributed by atoms with E-state index < -0.39 is 17.4 Å². The van der Waals surface area contributed by atoms with Gasteiger partial charge in [0.1, 0.15) is 0 Å². The molecule has 1 fully saturated rings. The molecule has 6 nitrogen and oxygen atoms in total. The number of aliphatic hydroxyl groups is 1. The molecule has 1 unspecified atom stereocenters. The molecule has 0 aliphatic carbocycles. The molecule has 0 aromatic heterocycles. The molecule has 2 aromatic carbocycles. The minimum atomic E-state index is -2.04. The highest BCUT2D eigenvalue weighted by Crippen LogP contribution is 2.49. The topological polar surface area (TPSA) is 86.9 Å². The predicted octanol–water partition coefficient (Wildman–Crippen LogP) is 3.58. The Kier molecular flexibility index (Phi) is 7.18. The van der Waals surface area contributed by atoms with Gasteiger partial charge in [-0.3, -0.25) is 9.59 Å². The van der Waals surface area contributed by atoms with Crippen LogP contribution in [-0.4, -0.2) is 48.0 Å². The Morgan fingerprint density at radius 2 is 1.74 bits per heavy atom. The normalized spacial score (nSPS) is 21.0. The average molecular weight is 485 g/mol. The second-order valence-corrected chi connectivity index (χ2v) is 8.58. The highest BCUT2D eigenvalue weighted by molar-refractivity contribution is 6.35. The van der Waals surface area contributed by atoms with Gasteiger partial charge in [0.15, 0.2) is 5.60 Å². The largest absolute Gasteiger partial charge is 0.372 e. The molecule has 9 heteroatoms. The summed E-state index contributed by atoms with van der Waals surface area (Å²) in [7, 11) is 0. The number of hydrogen-bond acceptors (Lipinski definition) is 4. The fourth-order valence-electron chi connectivity index (χ4n) is 4.37. The monoisotopic (exact) mass is 483 g/mol. The van der Waals surface area contributed by atoms with Crippen molar-refractivity contribution in [3.63, 3.8) is 0 Å². The molecule has 1 atom stereocenters. The number of nitrogens with zero attached hydrogens (tertiary/aromatic N) is 2. The number of carbonyl (C=O) groups excluding carboxylic acids is 2. The molecule has 1 saturated heterocycles. The quantitative estimate of drug-likeness (QED) is 0.679. The van der Waals surface area contributed by atoms with Crippen LogP contribution in [0.4, 0.5) is 5.69 Å². The third-order valence-corrected chi connectivity index (χ3v) is 6.54. The van der Waals surface area contributed by atoms with E-state index in [2.05, 4.69) is 4.90 Å². The molecule has 0 spiro atoms. The number of hydrogen-bond donors (Lipinski definition) is 2. The molecule has 2 aromatic rings. The summed E-state index contributed by atoms with van der Waals surface area (Å²) in [6, 6.07) is 9.55. The van der Waals surface area contributed by atoms with Crippen molar-refractivity contribution >= 4 is 53.1 Å².